The van der Waals surface area contributed by atoms with E-state index in [0.29, 0.717) is 17.9 Å². The van der Waals surface area contributed by atoms with Gasteiger partial charge < -0.3 is 19.5 Å². The number of amides is 1. The van der Waals surface area contributed by atoms with E-state index in [-0.39, 0.29) is 6.42 Å². The number of hydrogen-bond donors (Lipinski definition) is 1. The zero-order valence-corrected chi connectivity index (χ0v) is 15.8. The minimum atomic E-state index is -1.21. The molecule has 2 aromatic rings. The van der Waals surface area contributed by atoms with E-state index >= 15 is 0 Å². The molecular formula is C20H21F2NO5. The molecule has 0 bridgehead atoms. The highest BCUT2D eigenvalue weighted by molar-refractivity contribution is 5.95. The minimum absolute atomic E-state index is 0.0150. The van der Waals surface area contributed by atoms with Crippen LogP contribution in [0.3, 0.4) is 0 Å². The van der Waals surface area contributed by atoms with E-state index in [1.807, 2.05) is 0 Å². The zero-order valence-electron chi connectivity index (χ0n) is 15.8. The van der Waals surface area contributed by atoms with Crippen molar-refractivity contribution in [3.8, 4) is 11.5 Å². The molecule has 28 heavy (non-hydrogen) atoms. The Bertz CT molecular complexity index is 836. The molecule has 0 aliphatic carbocycles. The molecule has 150 valence electrons. The Balaban J connectivity index is 1.89. The molecule has 0 unspecified atom stereocenters. The number of esters is 1. The second-order valence-corrected chi connectivity index (χ2v) is 5.91. The maximum atomic E-state index is 13.6. The number of aryl methyl sites for hydroxylation is 1. The molecule has 0 fully saturated rings. The summed E-state index contributed by atoms with van der Waals surface area (Å²) in [6.07, 6.45) is -0.840. The lowest BCUT2D eigenvalue weighted by Gasteiger charge is -2.14. The highest BCUT2D eigenvalue weighted by Gasteiger charge is 2.20. The Morgan fingerprint density at radius 2 is 1.68 bits per heavy atom. The van der Waals surface area contributed by atoms with Gasteiger partial charge in [0.2, 0.25) is 0 Å². The summed E-state index contributed by atoms with van der Waals surface area (Å²) in [4.78, 5) is 24.0. The summed E-state index contributed by atoms with van der Waals surface area (Å²) >= 11 is 0. The molecule has 0 spiro atoms. The van der Waals surface area contributed by atoms with Crippen molar-refractivity contribution in [2.45, 2.75) is 25.9 Å². The van der Waals surface area contributed by atoms with Gasteiger partial charge in [0.15, 0.2) is 17.6 Å². The van der Waals surface area contributed by atoms with Crippen LogP contribution in [0.2, 0.25) is 0 Å². The van der Waals surface area contributed by atoms with Crippen LogP contribution in [-0.2, 0) is 20.7 Å². The summed E-state index contributed by atoms with van der Waals surface area (Å²) < 4.78 is 42.5. The fourth-order valence-corrected chi connectivity index (χ4v) is 2.43. The lowest BCUT2D eigenvalue weighted by atomic mass is 10.1. The van der Waals surface area contributed by atoms with E-state index in [9.17, 15) is 18.4 Å². The van der Waals surface area contributed by atoms with Crippen LogP contribution in [0.15, 0.2) is 36.4 Å². The second kappa shape index (κ2) is 9.68. The van der Waals surface area contributed by atoms with E-state index in [0.717, 1.165) is 17.7 Å². The zero-order chi connectivity index (χ0) is 20.7. The average Bonchev–Trinajstić information content (AvgIpc) is 2.68. The summed E-state index contributed by atoms with van der Waals surface area (Å²) in [5.74, 6) is -2.18. The molecule has 6 nitrogen and oxygen atoms in total. The summed E-state index contributed by atoms with van der Waals surface area (Å²) in [5.41, 5.74) is 0.237. The lowest BCUT2D eigenvalue weighted by Crippen LogP contribution is -2.30. The highest BCUT2D eigenvalue weighted by atomic mass is 19.1. The molecular weight excluding hydrogens is 372 g/mol. The van der Waals surface area contributed by atoms with Gasteiger partial charge in [-0.3, -0.25) is 9.59 Å². The molecule has 1 N–H and O–H groups in total. The van der Waals surface area contributed by atoms with Gasteiger partial charge in [-0.1, -0.05) is 12.1 Å². The summed E-state index contributed by atoms with van der Waals surface area (Å²) in [6.45, 7) is 1.32. The average molecular weight is 393 g/mol. The Morgan fingerprint density at radius 1 is 1.04 bits per heavy atom. The predicted molar refractivity (Wildman–Crippen MR) is 98.4 cm³/mol. The molecule has 1 amide bonds. The SMILES string of the molecule is COc1ccc(CCC(=O)O[C@H](C)C(=O)Nc2c(F)cccc2F)cc1OC. The third-order valence-electron chi connectivity index (χ3n) is 3.95. The van der Waals surface area contributed by atoms with Crippen molar-refractivity contribution in [1.29, 1.82) is 0 Å². The van der Waals surface area contributed by atoms with Crippen LogP contribution in [0.4, 0.5) is 14.5 Å². The summed E-state index contributed by atoms with van der Waals surface area (Å²) in [6, 6.07) is 8.45. The van der Waals surface area contributed by atoms with E-state index in [1.165, 1.54) is 27.2 Å². The molecule has 0 aromatic heterocycles. The molecule has 0 heterocycles. The van der Waals surface area contributed by atoms with Crippen LogP contribution in [0.1, 0.15) is 18.9 Å². The molecule has 2 aromatic carbocycles. The third-order valence-corrected chi connectivity index (χ3v) is 3.95. The number of carbonyl (C=O) groups excluding carboxylic acids is 2. The number of anilines is 1. The van der Waals surface area contributed by atoms with Crippen molar-refractivity contribution in [1.82, 2.24) is 0 Å². The third kappa shape index (κ3) is 5.42. The van der Waals surface area contributed by atoms with Gasteiger partial charge in [0.05, 0.1) is 14.2 Å². The van der Waals surface area contributed by atoms with Crippen LogP contribution in [0, 0.1) is 11.6 Å². The van der Waals surface area contributed by atoms with Gasteiger partial charge in [-0.15, -0.1) is 0 Å². The number of nitrogens with one attached hydrogen (secondary N) is 1. The minimum Gasteiger partial charge on any atom is -0.493 e. The highest BCUT2D eigenvalue weighted by Crippen LogP contribution is 2.28. The number of ether oxygens (including phenoxy) is 3. The van der Waals surface area contributed by atoms with Crippen molar-refractivity contribution < 1.29 is 32.6 Å². The number of hydrogen-bond acceptors (Lipinski definition) is 5. The number of para-hydroxylation sites is 1. The molecule has 0 aliphatic heterocycles. The van der Waals surface area contributed by atoms with E-state index in [4.69, 9.17) is 14.2 Å². The normalized spacial score (nSPS) is 11.5. The monoisotopic (exact) mass is 393 g/mol. The maximum absolute atomic E-state index is 13.6. The second-order valence-electron chi connectivity index (χ2n) is 5.91. The fraction of sp³-hybridized carbons (Fsp3) is 0.300. The lowest BCUT2D eigenvalue weighted by molar-refractivity contribution is -0.153. The first-order chi connectivity index (χ1) is 13.3. The molecule has 8 heteroatoms. The van der Waals surface area contributed by atoms with Crippen molar-refractivity contribution in [3.05, 3.63) is 53.6 Å². The molecule has 0 radical (unpaired) electrons. The standard InChI is InChI=1S/C20H21F2NO5/c1-12(20(25)23-19-14(21)5-4-6-15(19)22)28-18(24)10-8-13-7-9-16(26-2)17(11-13)27-3/h4-7,9,11-12H,8,10H2,1-3H3,(H,23,25)/t12-/m1/s1. The number of rotatable bonds is 8. The fourth-order valence-electron chi connectivity index (χ4n) is 2.43. The van der Waals surface area contributed by atoms with Gasteiger partial charge in [-0.2, -0.15) is 0 Å². The quantitative estimate of drug-likeness (QED) is 0.695. The van der Waals surface area contributed by atoms with Crippen molar-refractivity contribution in [2.75, 3.05) is 19.5 Å². The molecule has 0 aliphatic rings. The first-order valence-corrected chi connectivity index (χ1v) is 8.51. The Kier molecular flexibility index (Phi) is 7.31. The summed E-state index contributed by atoms with van der Waals surface area (Å²) in [7, 11) is 3.03. The first-order valence-electron chi connectivity index (χ1n) is 8.51. The van der Waals surface area contributed by atoms with Crippen LogP contribution >= 0.6 is 0 Å². The number of halogens is 2. The molecule has 0 saturated carbocycles. The Labute approximate surface area is 161 Å². The van der Waals surface area contributed by atoms with E-state index in [2.05, 4.69) is 5.32 Å². The van der Waals surface area contributed by atoms with Crippen molar-refractivity contribution in [2.24, 2.45) is 0 Å². The molecule has 2 rings (SSSR count). The Hall–Kier alpha value is -3.16. The number of benzene rings is 2. The van der Waals surface area contributed by atoms with Crippen LogP contribution in [0.25, 0.3) is 0 Å². The van der Waals surface area contributed by atoms with Gasteiger partial charge in [-0.25, -0.2) is 8.78 Å². The topological polar surface area (TPSA) is 73.9 Å². The first kappa shape index (κ1) is 21.1. The maximum Gasteiger partial charge on any atom is 0.306 e. The molecule has 1 atom stereocenters. The van der Waals surface area contributed by atoms with Crippen molar-refractivity contribution >= 4 is 17.6 Å². The van der Waals surface area contributed by atoms with Crippen LogP contribution in [-0.4, -0.2) is 32.2 Å². The Morgan fingerprint density at radius 3 is 2.29 bits per heavy atom. The van der Waals surface area contributed by atoms with Crippen LogP contribution < -0.4 is 14.8 Å². The van der Waals surface area contributed by atoms with E-state index in [1.54, 1.807) is 18.2 Å². The number of methoxy groups -OCH3 is 2. The van der Waals surface area contributed by atoms with Gasteiger partial charge in [0.1, 0.15) is 17.3 Å². The van der Waals surface area contributed by atoms with Gasteiger partial charge in [0.25, 0.3) is 5.91 Å². The molecule has 0 saturated heterocycles. The van der Waals surface area contributed by atoms with Gasteiger partial charge in [0, 0.05) is 6.42 Å². The van der Waals surface area contributed by atoms with Crippen molar-refractivity contribution in [3.63, 3.8) is 0 Å². The summed E-state index contributed by atoms with van der Waals surface area (Å²) in [5, 5.41) is 2.09. The smallest absolute Gasteiger partial charge is 0.306 e. The van der Waals surface area contributed by atoms with Gasteiger partial charge >= 0.3 is 5.97 Å². The van der Waals surface area contributed by atoms with Gasteiger partial charge in [-0.05, 0) is 43.2 Å². The van der Waals surface area contributed by atoms with E-state index < -0.39 is 35.3 Å². The number of carbonyl (C=O) groups is 2. The predicted octanol–water partition coefficient (Wildman–Crippen LogP) is 3.49. The largest absolute Gasteiger partial charge is 0.493 e. The van der Waals surface area contributed by atoms with Crippen LogP contribution in [0.5, 0.6) is 11.5 Å².